The van der Waals surface area contributed by atoms with Crippen LogP contribution in [0, 0.1) is 12.7 Å². The minimum Gasteiger partial charge on any atom is -0.495 e. The number of anilines is 1. The molecular formula is C24H20FN3O2. The zero-order valence-corrected chi connectivity index (χ0v) is 16.6. The van der Waals surface area contributed by atoms with Crippen LogP contribution in [0.1, 0.15) is 15.9 Å². The first-order valence-electron chi connectivity index (χ1n) is 9.42. The minimum atomic E-state index is -0.334. The zero-order valence-electron chi connectivity index (χ0n) is 16.6. The van der Waals surface area contributed by atoms with E-state index in [1.807, 2.05) is 43.3 Å². The molecule has 1 amide bonds. The standard InChI is InChI=1S/C24H20FN3O2/c1-16-7-9-17(10-8-16)23-20(15-28(27-23)19-13-11-18(25)12-14-19)24(29)26-21-5-3-4-6-22(21)30-2/h3-15H,1-2H3,(H,26,29). The zero-order chi connectivity index (χ0) is 21.1. The summed E-state index contributed by atoms with van der Waals surface area (Å²) in [6.07, 6.45) is 1.65. The summed E-state index contributed by atoms with van der Waals surface area (Å²) >= 11 is 0. The van der Waals surface area contributed by atoms with E-state index >= 15 is 0 Å². The number of methoxy groups -OCH3 is 1. The van der Waals surface area contributed by atoms with Gasteiger partial charge in [-0.25, -0.2) is 9.07 Å². The fourth-order valence-electron chi connectivity index (χ4n) is 3.13. The predicted molar refractivity (Wildman–Crippen MR) is 115 cm³/mol. The summed E-state index contributed by atoms with van der Waals surface area (Å²) < 4.78 is 20.2. The number of carbonyl (C=O) groups is 1. The van der Waals surface area contributed by atoms with Crippen LogP contribution in [-0.4, -0.2) is 22.8 Å². The number of nitrogens with zero attached hydrogens (tertiary/aromatic N) is 2. The highest BCUT2D eigenvalue weighted by Gasteiger charge is 2.20. The second kappa shape index (κ2) is 8.21. The smallest absolute Gasteiger partial charge is 0.259 e. The summed E-state index contributed by atoms with van der Waals surface area (Å²) in [4.78, 5) is 13.2. The van der Waals surface area contributed by atoms with Gasteiger partial charge in [0, 0.05) is 11.8 Å². The van der Waals surface area contributed by atoms with Crippen LogP contribution in [0.4, 0.5) is 10.1 Å². The van der Waals surface area contributed by atoms with Gasteiger partial charge in [-0.05, 0) is 43.3 Å². The summed E-state index contributed by atoms with van der Waals surface area (Å²) in [5.41, 5.74) is 4.07. The van der Waals surface area contributed by atoms with E-state index in [1.54, 1.807) is 42.3 Å². The van der Waals surface area contributed by atoms with Crippen LogP contribution < -0.4 is 10.1 Å². The molecule has 1 N–H and O–H groups in total. The largest absolute Gasteiger partial charge is 0.495 e. The Morgan fingerprint density at radius 1 is 1.00 bits per heavy atom. The molecular weight excluding hydrogens is 381 g/mol. The number of carbonyl (C=O) groups excluding carboxylic acids is 1. The normalized spacial score (nSPS) is 10.6. The summed E-state index contributed by atoms with van der Waals surface area (Å²) in [6.45, 7) is 2.00. The first kappa shape index (κ1) is 19.4. The van der Waals surface area contributed by atoms with Gasteiger partial charge in [0.05, 0.1) is 24.0 Å². The number of hydrogen-bond donors (Lipinski definition) is 1. The fraction of sp³-hybridized carbons (Fsp3) is 0.0833. The Morgan fingerprint density at radius 2 is 1.70 bits per heavy atom. The molecule has 3 aromatic carbocycles. The molecule has 0 saturated heterocycles. The molecule has 0 aliphatic rings. The van der Waals surface area contributed by atoms with E-state index in [0.29, 0.717) is 28.4 Å². The minimum absolute atomic E-state index is 0.316. The van der Waals surface area contributed by atoms with E-state index in [0.717, 1.165) is 11.1 Å². The van der Waals surface area contributed by atoms with Gasteiger partial charge in [-0.1, -0.05) is 42.0 Å². The molecule has 150 valence electrons. The molecule has 4 rings (SSSR count). The van der Waals surface area contributed by atoms with E-state index < -0.39 is 0 Å². The van der Waals surface area contributed by atoms with E-state index in [-0.39, 0.29) is 11.7 Å². The van der Waals surface area contributed by atoms with Crippen LogP contribution in [0.3, 0.4) is 0 Å². The van der Waals surface area contributed by atoms with Crippen LogP contribution in [0.2, 0.25) is 0 Å². The highest BCUT2D eigenvalue weighted by Crippen LogP contribution is 2.28. The van der Waals surface area contributed by atoms with Gasteiger partial charge < -0.3 is 10.1 Å². The third-order valence-corrected chi connectivity index (χ3v) is 4.73. The van der Waals surface area contributed by atoms with Gasteiger partial charge in [0.1, 0.15) is 17.3 Å². The molecule has 0 aliphatic carbocycles. The predicted octanol–water partition coefficient (Wildman–Crippen LogP) is 5.25. The number of hydrogen-bond acceptors (Lipinski definition) is 3. The summed E-state index contributed by atoms with van der Waals surface area (Å²) in [6, 6.07) is 20.9. The van der Waals surface area contributed by atoms with E-state index in [1.165, 1.54) is 12.1 Å². The number of para-hydroxylation sites is 2. The second-order valence-electron chi connectivity index (χ2n) is 6.83. The van der Waals surface area contributed by atoms with Crippen molar-refractivity contribution < 1.29 is 13.9 Å². The molecule has 5 nitrogen and oxygen atoms in total. The second-order valence-corrected chi connectivity index (χ2v) is 6.83. The van der Waals surface area contributed by atoms with Crippen molar-refractivity contribution in [1.82, 2.24) is 9.78 Å². The van der Waals surface area contributed by atoms with Crippen LogP contribution in [0.5, 0.6) is 5.75 Å². The molecule has 6 heteroatoms. The number of rotatable bonds is 5. The maximum Gasteiger partial charge on any atom is 0.259 e. The maximum absolute atomic E-state index is 13.3. The Hall–Kier alpha value is -3.93. The fourth-order valence-corrected chi connectivity index (χ4v) is 3.13. The molecule has 0 aliphatic heterocycles. The summed E-state index contributed by atoms with van der Waals surface area (Å²) in [5, 5.41) is 7.51. The monoisotopic (exact) mass is 401 g/mol. The van der Waals surface area contributed by atoms with Gasteiger partial charge in [0.15, 0.2) is 0 Å². The van der Waals surface area contributed by atoms with Gasteiger partial charge in [0.2, 0.25) is 0 Å². The molecule has 0 unspecified atom stereocenters. The van der Waals surface area contributed by atoms with Crippen LogP contribution >= 0.6 is 0 Å². The maximum atomic E-state index is 13.3. The molecule has 0 atom stereocenters. The number of aromatic nitrogens is 2. The van der Waals surface area contributed by atoms with Crippen molar-refractivity contribution in [1.29, 1.82) is 0 Å². The Balaban J connectivity index is 1.77. The first-order chi connectivity index (χ1) is 14.5. The third kappa shape index (κ3) is 3.93. The Kier molecular flexibility index (Phi) is 5.30. The van der Waals surface area contributed by atoms with E-state index in [4.69, 9.17) is 4.74 Å². The van der Waals surface area contributed by atoms with Crippen molar-refractivity contribution in [3.63, 3.8) is 0 Å². The number of halogens is 1. The van der Waals surface area contributed by atoms with Crippen molar-refractivity contribution in [2.75, 3.05) is 12.4 Å². The third-order valence-electron chi connectivity index (χ3n) is 4.73. The van der Waals surface area contributed by atoms with Crippen LogP contribution in [0.25, 0.3) is 16.9 Å². The average molecular weight is 401 g/mol. The lowest BCUT2D eigenvalue weighted by molar-refractivity contribution is 0.102. The van der Waals surface area contributed by atoms with Gasteiger partial charge in [-0.15, -0.1) is 0 Å². The van der Waals surface area contributed by atoms with Crippen LogP contribution in [0.15, 0.2) is 79.0 Å². The van der Waals surface area contributed by atoms with Gasteiger partial charge in [-0.2, -0.15) is 5.10 Å². The van der Waals surface area contributed by atoms with Gasteiger partial charge in [0.25, 0.3) is 5.91 Å². The van der Waals surface area contributed by atoms with Gasteiger partial charge >= 0.3 is 0 Å². The molecule has 0 fully saturated rings. The highest BCUT2D eigenvalue weighted by atomic mass is 19.1. The van der Waals surface area contributed by atoms with Crippen molar-refractivity contribution in [3.8, 4) is 22.7 Å². The van der Waals surface area contributed by atoms with Crippen molar-refractivity contribution in [2.45, 2.75) is 6.92 Å². The molecule has 1 aromatic heterocycles. The lowest BCUT2D eigenvalue weighted by Crippen LogP contribution is -2.13. The number of amides is 1. The Bertz CT molecular complexity index is 1180. The Morgan fingerprint density at radius 3 is 2.40 bits per heavy atom. The lowest BCUT2D eigenvalue weighted by atomic mass is 10.1. The number of benzene rings is 3. The molecule has 30 heavy (non-hydrogen) atoms. The summed E-state index contributed by atoms with van der Waals surface area (Å²) in [7, 11) is 1.55. The Labute approximate surface area is 173 Å². The molecule has 0 saturated carbocycles. The average Bonchev–Trinajstić information content (AvgIpc) is 3.21. The molecule has 0 bridgehead atoms. The molecule has 0 radical (unpaired) electrons. The number of aryl methyl sites for hydroxylation is 1. The number of nitrogens with one attached hydrogen (secondary N) is 1. The lowest BCUT2D eigenvalue weighted by Gasteiger charge is -2.09. The summed E-state index contributed by atoms with van der Waals surface area (Å²) in [5.74, 6) is -0.0871. The van der Waals surface area contributed by atoms with Gasteiger partial charge in [-0.3, -0.25) is 4.79 Å². The topological polar surface area (TPSA) is 56.1 Å². The molecule has 4 aromatic rings. The number of ether oxygens (including phenoxy) is 1. The van der Waals surface area contributed by atoms with E-state index in [2.05, 4.69) is 10.4 Å². The van der Waals surface area contributed by atoms with E-state index in [9.17, 15) is 9.18 Å². The van der Waals surface area contributed by atoms with Crippen molar-refractivity contribution in [2.24, 2.45) is 0 Å². The molecule has 0 spiro atoms. The SMILES string of the molecule is COc1ccccc1NC(=O)c1cn(-c2ccc(F)cc2)nc1-c1ccc(C)cc1. The van der Waals surface area contributed by atoms with Crippen molar-refractivity contribution >= 4 is 11.6 Å². The molecule has 1 heterocycles. The first-order valence-corrected chi connectivity index (χ1v) is 9.42. The highest BCUT2D eigenvalue weighted by molar-refractivity contribution is 6.08. The quantitative estimate of drug-likeness (QED) is 0.497. The van der Waals surface area contributed by atoms with Crippen LogP contribution in [-0.2, 0) is 0 Å². The van der Waals surface area contributed by atoms with Crippen molar-refractivity contribution in [3.05, 3.63) is 95.9 Å².